The van der Waals surface area contributed by atoms with Gasteiger partial charge >= 0.3 is 0 Å². The van der Waals surface area contributed by atoms with Gasteiger partial charge in [0.1, 0.15) is 12.4 Å². The quantitative estimate of drug-likeness (QED) is 0.624. The predicted molar refractivity (Wildman–Crippen MR) is 120 cm³/mol. The molecule has 0 aliphatic carbocycles. The van der Waals surface area contributed by atoms with Gasteiger partial charge in [-0.1, -0.05) is 36.4 Å². The summed E-state index contributed by atoms with van der Waals surface area (Å²) in [5.41, 5.74) is 4.08. The molecule has 1 heterocycles. The minimum Gasteiger partial charge on any atom is -0.493 e. The summed E-state index contributed by atoms with van der Waals surface area (Å²) < 4.78 is 21.8. The van der Waals surface area contributed by atoms with Crippen molar-refractivity contribution in [3.8, 4) is 34.1 Å². The van der Waals surface area contributed by atoms with E-state index in [1.807, 2.05) is 54.6 Å². The van der Waals surface area contributed by atoms with E-state index in [-0.39, 0.29) is 12.5 Å². The van der Waals surface area contributed by atoms with Crippen molar-refractivity contribution >= 4 is 17.7 Å². The minimum absolute atomic E-state index is 0.188. The summed E-state index contributed by atoms with van der Waals surface area (Å²) >= 11 is 0. The standard InChI is InChI=1S/C25H23NO5/c1-28-22-13-20(14-23(29-2)24(22)30-3)26-25(27)19-12-18-11-17(9-10-21(18)31-15-19)16-7-5-4-6-8-16/h4-14H,15H2,1-3H3,(H,26,27). The molecule has 6 nitrogen and oxygen atoms in total. The number of carbonyl (C=O) groups is 1. The second kappa shape index (κ2) is 8.83. The molecule has 0 bridgehead atoms. The van der Waals surface area contributed by atoms with Crippen LogP contribution in [0.1, 0.15) is 5.56 Å². The van der Waals surface area contributed by atoms with Gasteiger partial charge in [0.05, 0.1) is 26.9 Å². The van der Waals surface area contributed by atoms with Crippen LogP contribution in [0.25, 0.3) is 17.2 Å². The summed E-state index contributed by atoms with van der Waals surface area (Å²) in [6, 6.07) is 19.4. The Morgan fingerprint density at radius 3 is 2.23 bits per heavy atom. The summed E-state index contributed by atoms with van der Waals surface area (Å²) in [6.07, 6.45) is 1.86. The Bertz CT molecular complexity index is 1110. The third-order valence-corrected chi connectivity index (χ3v) is 5.04. The molecule has 0 saturated carbocycles. The molecule has 0 radical (unpaired) electrons. The van der Waals surface area contributed by atoms with Crippen LogP contribution < -0.4 is 24.3 Å². The van der Waals surface area contributed by atoms with E-state index in [2.05, 4.69) is 5.32 Å². The lowest BCUT2D eigenvalue weighted by Crippen LogP contribution is -2.21. The van der Waals surface area contributed by atoms with Crippen molar-refractivity contribution in [2.45, 2.75) is 0 Å². The maximum Gasteiger partial charge on any atom is 0.255 e. The Labute approximate surface area is 181 Å². The molecule has 3 aromatic carbocycles. The van der Waals surface area contributed by atoms with Crippen LogP contribution in [0.5, 0.6) is 23.0 Å². The molecule has 6 heteroatoms. The first-order valence-electron chi connectivity index (χ1n) is 9.77. The molecular weight excluding hydrogens is 394 g/mol. The first-order chi connectivity index (χ1) is 15.1. The molecule has 158 valence electrons. The highest BCUT2D eigenvalue weighted by molar-refractivity contribution is 6.07. The van der Waals surface area contributed by atoms with Gasteiger partial charge in [-0.05, 0) is 29.3 Å². The highest BCUT2D eigenvalue weighted by Crippen LogP contribution is 2.40. The number of hydrogen-bond acceptors (Lipinski definition) is 5. The molecular formula is C25H23NO5. The molecule has 0 unspecified atom stereocenters. The van der Waals surface area contributed by atoms with Gasteiger partial charge in [0.15, 0.2) is 11.5 Å². The number of methoxy groups -OCH3 is 3. The number of amides is 1. The van der Waals surface area contributed by atoms with Gasteiger partial charge in [-0.25, -0.2) is 0 Å². The molecule has 1 aliphatic heterocycles. The smallest absolute Gasteiger partial charge is 0.255 e. The number of carbonyl (C=O) groups excluding carboxylic acids is 1. The van der Waals surface area contributed by atoms with Crippen LogP contribution >= 0.6 is 0 Å². The molecule has 0 saturated heterocycles. The lowest BCUT2D eigenvalue weighted by molar-refractivity contribution is -0.113. The average Bonchev–Trinajstić information content (AvgIpc) is 2.83. The van der Waals surface area contributed by atoms with Gasteiger partial charge < -0.3 is 24.3 Å². The molecule has 1 amide bonds. The number of ether oxygens (including phenoxy) is 4. The highest BCUT2D eigenvalue weighted by atomic mass is 16.5. The normalized spacial score (nSPS) is 12.2. The van der Waals surface area contributed by atoms with E-state index in [1.54, 1.807) is 12.1 Å². The van der Waals surface area contributed by atoms with Crippen LogP contribution in [-0.2, 0) is 4.79 Å². The Hall–Kier alpha value is -3.93. The zero-order valence-corrected chi connectivity index (χ0v) is 17.6. The van der Waals surface area contributed by atoms with Gasteiger partial charge in [0.25, 0.3) is 5.91 Å². The number of rotatable bonds is 6. The SMILES string of the molecule is COc1cc(NC(=O)C2=Cc3cc(-c4ccccc4)ccc3OC2)cc(OC)c1OC. The van der Waals surface area contributed by atoms with Crippen molar-refractivity contribution in [2.24, 2.45) is 0 Å². The van der Waals surface area contributed by atoms with E-state index >= 15 is 0 Å². The Balaban J connectivity index is 1.60. The summed E-state index contributed by atoms with van der Waals surface area (Å²) in [4.78, 5) is 12.9. The summed E-state index contributed by atoms with van der Waals surface area (Å²) in [7, 11) is 4.59. The van der Waals surface area contributed by atoms with Gasteiger partial charge in [-0.3, -0.25) is 4.79 Å². The van der Waals surface area contributed by atoms with E-state index in [9.17, 15) is 4.79 Å². The number of nitrogens with one attached hydrogen (secondary N) is 1. The zero-order valence-electron chi connectivity index (χ0n) is 17.6. The van der Waals surface area contributed by atoms with Gasteiger partial charge in [-0.2, -0.15) is 0 Å². The van der Waals surface area contributed by atoms with Crippen LogP contribution in [0.2, 0.25) is 0 Å². The van der Waals surface area contributed by atoms with E-state index in [0.29, 0.717) is 28.5 Å². The fourth-order valence-electron chi connectivity index (χ4n) is 3.48. The number of hydrogen-bond donors (Lipinski definition) is 1. The van der Waals surface area contributed by atoms with Crippen molar-refractivity contribution in [2.75, 3.05) is 33.3 Å². The second-order valence-electron chi connectivity index (χ2n) is 6.95. The minimum atomic E-state index is -0.259. The largest absolute Gasteiger partial charge is 0.493 e. The van der Waals surface area contributed by atoms with Crippen LogP contribution in [0, 0.1) is 0 Å². The van der Waals surface area contributed by atoms with Crippen LogP contribution in [0.3, 0.4) is 0 Å². The van der Waals surface area contributed by atoms with E-state index in [4.69, 9.17) is 18.9 Å². The van der Waals surface area contributed by atoms with Crippen molar-refractivity contribution < 1.29 is 23.7 Å². The summed E-state index contributed by atoms with van der Waals surface area (Å²) in [5, 5.41) is 2.89. The van der Waals surface area contributed by atoms with Gasteiger partial charge in [0.2, 0.25) is 5.75 Å². The van der Waals surface area contributed by atoms with Crippen LogP contribution in [0.4, 0.5) is 5.69 Å². The molecule has 0 atom stereocenters. The van der Waals surface area contributed by atoms with Crippen molar-refractivity contribution in [3.05, 3.63) is 71.8 Å². The first-order valence-corrected chi connectivity index (χ1v) is 9.77. The molecule has 4 rings (SSSR count). The van der Waals surface area contributed by atoms with Gasteiger partial charge in [-0.15, -0.1) is 0 Å². The number of anilines is 1. The van der Waals surface area contributed by atoms with Crippen molar-refractivity contribution in [3.63, 3.8) is 0 Å². The van der Waals surface area contributed by atoms with Gasteiger partial charge in [0, 0.05) is 23.4 Å². The third kappa shape index (κ3) is 4.19. The number of benzene rings is 3. The molecule has 0 aromatic heterocycles. The van der Waals surface area contributed by atoms with Crippen LogP contribution in [-0.4, -0.2) is 33.8 Å². The van der Waals surface area contributed by atoms with E-state index < -0.39 is 0 Å². The Kier molecular flexibility index (Phi) is 5.80. The predicted octanol–water partition coefficient (Wildman–Crippen LogP) is 4.79. The summed E-state index contributed by atoms with van der Waals surface area (Å²) in [6.45, 7) is 0.188. The molecule has 0 fully saturated rings. The second-order valence-corrected chi connectivity index (χ2v) is 6.95. The molecule has 31 heavy (non-hydrogen) atoms. The topological polar surface area (TPSA) is 66.0 Å². The highest BCUT2D eigenvalue weighted by Gasteiger charge is 2.20. The van der Waals surface area contributed by atoms with E-state index in [0.717, 1.165) is 22.4 Å². The lowest BCUT2D eigenvalue weighted by Gasteiger charge is -2.19. The number of fused-ring (bicyclic) bond motifs is 1. The lowest BCUT2D eigenvalue weighted by atomic mass is 10.00. The van der Waals surface area contributed by atoms with Crippen molar-refractivity contribution in [1.82, 2.24) is 0 Å². The fraction of sp³-hybridized carbons (Fsp3) is 0.160. The Morgan fingerprint density at radius 2 is 1.58 bits per heavy atom. The third-order valence-electron chi connectivity index (χ3n) is 5.04. The average molecular weight is 417 g/mol. The maximum absolute atomic E-state index is 12.9. The fourth-order valence-corrected chi connectivity index (χ4v) is 3.48. The van der Waals surface area contributed by atoms with Crippen LogP contribution in [0.15, 0.2) is 66.2 Å². The van der Waals surface area contributed by atoms with E-state index in [1.165, 1.54) is 21.3 Å². The molecule has 1 aliphatic rings. The summed E-state index contributed by atoms with van der Waals surface area (Å²) in [5.74, 6) is 1.88. The first kappa shape index (κ1) is 20.3. The zero-order chi connectivity index (χ0) is 21.8. The monoisotopic (exact) mass is 417 g/mol. The molecule has 3 aromatic rings. The molecule has 1 N–H and O–H groups in total. The maximum atomic E-state index is 12.9. The van der Waals surface area contributed by atoms with Crippen molar-refractivity contribution in [1.29, 1.82) is 0 Å². The molecule has 0 spiro atoms. The Morgan fingerprint density at radius 1 is 0.871 bits per heavy atom.